The van der Waals surface area contributed by atoms with Crippen LogP contribution in [0.2, 0.25) is 0 Å². The predicted octanol–water partition coefficient (Wildman–Crippen LogP) is 0.0369. The van der Waals surface area contributed by atoms with Gasteiger partial charge in [-0.25, -0.2) is 0 Å². The van der Waals surface area contributed by atoms with Crippen molar-refractivity contribution in [1.82, 2.24) is 0 Å². The molecule has 0 radical (unpaired) electrons. The summed E-state index contributed by atoms with van der Waals surface area (Å²) in [6.45, 7) is 0. The summed E-state index contributed by atoms with van der Waals surface area (Å²) in [5.74, 6) is 0. The van der Waals surface area contributed by atoms with Crippen molar-refractivity contribution in [2.75, 3.05) is 0 Å². The van der Waals surface area contributed by atoms with Crippen LogP contribution in [0, 0.1) is 10.1 Å². The first kappa shape index (κ1) is 8.61. The van der Waals surface area contributed by atoms with Crippen molar-refractivity contribution in [1.29, 1.82) is 0 Å². The van der Waals surface area contributed by atoms with E-state index in [1.54, 1.807) is 0 Å². The van der Waals surface area contributed by atoms with Crippen molar-refractivity contribution in [3.63, 3.8) is 0 Å². The van der Waals surface area contributed by atoms with Gasteiger partial charge >= 0.3 is 5.72 Å². The van der Waals surface area contributed by atoms with E-state index in [0.29, 0.717) is 6.29 Å². The molecule has 0 aromatic heterocycles. The van der Waals surface area contributed by atoms with Crippen LogP contribution in [0.1, 0.15) is 6.42 Å². The Morgan fingerprint density at radius 2 is 2.42 bits per heavy atom. The highest BCUT2D eigenvalue weighted by atomic mass is 16.7. The van der Waals surface area contributed by atoms with E-state index < -0.39 is 10.6 Å². The van der Waals surface area contributed by atoms with Crippen molar-refractivity contribution < 1.29 is 14.8 Å². The fourth-order valence-electron chi connectivity index (χ4n) is 0.943. The monoisotopic (exact) mass is 169 g/mol. The Morgan fingerprint density at radius 1 is 1.75 bits per heavy atom. The number of carbonyl (C=O) groups excluding carboxylic acids is 1. The Kier molecular flexibility index (Phi) is 2.05. The number of carbonyl (C=O) groups is 1. The lowest BCUT2D eigenvalue weighted by molar-refractivity contribution is -0.607. The van der Waals surface area contributed by atoms with Gasteiger partial charge in [0.25, 0.3) is 0 Å². The molecule has 0 heterocycles. The highest BCUT2D eigenvalue weighted by Gasteiger charge is 2.38. The third kappa shape index (κ3) is 1.40. The second-order valence-corrected chi connectivity index (χ2v) is 2.50. The second kappa shape index (κ2) is 2.86. The smallest absolute Gasteiger partial charge is 0.327 e. The Labute approximate surface area is 68.2 Å². The van der Waals surface area contributed by atoms with Crippen molar-refractivity contribution in [2.24, 2.45) is 0 Å². The van der Waals surface area contributed by atoms with E-state index in [0.717, 1.165) is 6.08 Å². The summed E-state index contributed by atoms with van der Waals surface area (Å²) >= 11 is 0. The summed E-state index contributed by atoms with van der Waals surface area (Å²) in [4.78, 5) is 19.7. The lowest BCUT2D eigenvalue weighted by atomic mass is 10.0. The van der Waals surface area contributed by atoms with E-state index in [4.69, 9.17) is 0 Å². The summed E-state index contributed by atoms with van der Waals surface area (Å²) in [6.07, 6.45) is 4.14. The second-order valence-electron chi connectivity index (χ2n) is 2.50. The average molecular weight is 169 g/mol. The molecule has 0 aliphatic heterocycles. The van der Waals surface area contributed by atoms with Crippen LogP contribution < -0.4 is 0 Å². The number of nitrogens with zero attached hydrogens (tertiary/aromatic N) is 1. The molecule has 0 saturated carbocycles. The number of hydrogen-bond donors (Lipinski definition) is 1. The molecule has 5 heteroatoms. The Morgan fingerprint density at radius 3 is 2.92 bits per heavy atom. The highest BCUT2D eigenvalue weighted by Crippen LogP contribution is 2.20. The molecule has 1 aliphatic carbocycles. The molecule has 5 nitrogen and oxygen atoms in total. The predicted molar refractivity (Wildman–Crippen MR) is 39.8 cm³/mol. The third-order valence-electron chi connectivity index (χ3n) is 1.58. The minimum absolute atomic E-state index is 0.0999. The van der Waals surface area contributed by atoms with Gasteiger partial charge in [0.05, 0.1) is 11.3 Å². The quantitative estimate of drug-likeness (QED) is 0.274. The molecule has 64 valence electrons. The number of aliphatic hydroxyl groups is 1. The fourth-order valence-corrected chi connectivity index (χ4v) is 0.943. The van der Waals surface area contributed by atoms with Gasteiger partial charge in [-0.3, -0.25) is 14.9 Å². The van der Waals surface area contributed by atoms with Crippen LogP contribution in [0.15, 0.2) is 23.8 Å². The Hall–Kier alpha value is -1.49. The molecule has 1 rings (SSSR count). The van der Waals surface area contributed by atoms with Gasteiger partial charge in [0, 0.05) is 11.6 Å². The SMILES string of the molecule is O=CC1=CC(O)([N+](=O)[O-])CC=C1. The molecule has 1 atom stereocenters. The molecule has 12 heavy (non-hydrogen) atoms. The third-order valence-corrected chi connectivity index (χ3v) is 1.58. The maximum absolute atomic E-state index is 10.3. The normalized spacial score (nSPS) is 27.9. The van der Waals surface area contributed by atoms with E-state index in [-0.39, 0.29) is 12.0 Å². The van der Waals surface area contributed by atoms with Gasteiger partial charge in [0.15, 0.2) is 0 Å². The molecule has 1 unspecified atom stereocenters. The van der Waals surface area contributed by atoms with E-state index in [1.165, 1.54) is 12.2 Å². The topological polar surface area (TPSA) is 80.4 Å². The lowest BCUT2D eigenvalue weighted by Gasteiger charge is -2.16. The summed E-state index contributed by atoms with van der Waals surface area (Å²) in [6, 6.07) is 0. The summed E-state index contributed by atoms with van der Waals surface area (Å²) in [5, 5.41) is 19.6. The van der Waals surface area contributed by atoms with Gasteiger partial charge in [0.1, 0.15) is 6.29 Å². The molecule has 0 spiro atoms. The first-order valence-corrected chi connectivity index (χ1v) is 3.30. The molecule has 0 aromatic rings. The van der Waals surface area contributed by atoms with Gasteiger partial charge in [-0.15, -0.1) is 0 Å². The number of hydrogen-bond acceptors (Lipinski definition) is 4. The maximum atomic E-state index is 10.3. The van der Waals surface area contributed by atoms with Crippen molar-refractivity contribution in [3.8, 4) is 0 Å². The maximum Gasteiger partial charge on any atom is 0.346 e. The van der Waals surface area contributed by atoms with Crippen LogP contribution in [0.25, 0.3) is 0 Å². The van der Waals surface area contributed by atoms with Crippen LogP contribution >= 0.6 is 0 Å². The van der Waals surface area contributed by atoms with Crippen molar-refractivity contribution in [3.05, 3.63) is 33.9 Å². The number of rotatable bonds is 2. The summed E-state index contributed by atoms with van der Waals surface area (Å²) in [7, 11) is 0. The van der Waals surface area contributed by atoms with E-state index >= 15 is 0 Å². The van der Waals surface area contributed by atoms with Gasteiger partial charge in [-0.2, -0.15) is 0 Å². The summed E-state index contributed by atoms with van der Waals surface area (Å²) < 4.78 is 0. The number of nitro groups is 1. The molecule has 1 N–H and O–H groups in total. The van der Waals surface area contributed by atoms with Gasteiger partial charge in [0.2, 0.25) is 0 Å². The van der Waals surface area contributed by atoms with Crippen molar-refractivity contribution in [2.45, 2.75) is 12.1 Å². The first-order valence-electron chi connectivity index (χ1n) is 3.30. The zero-order valence-corrected chi connectivity index (χ0v) is 6.14. The molecule has 1 aliphatic rings. The van der Waals surface area contributed by atoms with Crippen LogP contribution in [-0.2, 0) is 4.79 Å². The summed E-state index contributed by atoms with van der Waals surface area (Å²) in [5.41, 5.74) is -1.98. The van der Waals surface area contributed by atoms with Gasteiger partial charge in [-0.05, 0) is 0 Å². The van der Waals surface area contributed by atoms with Crippen LogP contribution in [-0.4, -0.2) is 22.0 Å². The number of allylic oxidation sites excluding steroid dienone is 2. The fraction of sp³-hybridized carbons (Fsp3) is 0.286. The highest BCUT2D eigenvalue weighted by molar-refractivity contribution is 5.78. The molecular weight excluding hydrogens is 162 g/mol. The van der Waals surface area contributed by atoms with Gasteiger partial charge in [-0.1, -0.05) is 12.2 Å². The molecule has 0 amide bonds. The molecular formula is C7H7NO4. The molecule has 0 aromatic carbocycles. The minimum Gasteiger partial charge on any atom is -0.327 e. The van der Waals surface area contributed by atoms with E-state index in [9.17, 15) is 20.0 Å². The zero-order valence-electron chi connectivity index (χ0n) is 6.14. The first-order chi connectivity index (χ1) is 5.58. The van der Waals surface area contributed by atoms with Crippen LogP contribution in [0.5, 0.6) is 0 Å². The molecule has 0 saturated heterocycles. The molecule has 0 fully saturated rings. The molecule has 0 bridgehead atoms. The van der Waals surface area contributed by atoms with Crippen LogP contribution in [0.3, 0.4) is 0 Å². The zero-order chi connectivity index (χ0) is 9.19. The van der Waals surface area contributed by atoms with Crippen molar-refractivity contribution >= 4 is 6.29 Å². The lowest BCUT2D eigenvalue weighted by Crippen LogP contribution is -2.36. The van der Waals surface area contributed by atoms with Crippen LogP contribution in [0.4, 0.5) is 0 Å². The Balaban J connectivity index is 2.98. The number of aldehydes is 1. The minimum atomic E-state index is -2.11. The van der Waals surface area contributed by atoms with E-state index in [1.807, 2.05) is 0 Å². The largest absolute Gasteiger partial charge is 0.346 e. The van der Waals surface area contributed by atoms with Gasteiger partial charge < -0.3 is 5.11 Å². The standard InChI is InChI=1S/C7H7NO4/c9-5-6-2-1-3-7(10,4-6)8(11)12/h1-2,4-5,10H,3H2. The van der Waals surface area contributed by atoms with E-state index in [2.05, 4.69) is 0 Å². The Bertz CT molecular complexity index is 281. The average Bonchev–Trinajstić information content (AvgIpc) is 2.04.